The lowest BCUT2D eigenvalue weighted by molar-refractivity contribution is 0.0963. The van der Waals surface area contributed by atoms with Gasteiger partial charge in [0.05, 0.1) is 22.4 Å². The maximum absolute atomic E-state index is 11.7. The molecule has 136 valence electrons. The number of benzene rings is 2. The molecule has 0 aliphatic heterocycles. The van der Waals surface area contributed by atoms with Crippen molar-refractivity contribution < 1.29 is 4.79 Å². The van der Waals surface area contributed by atoms with Crippen LogP contribution in [0.25, 0.3) is 22.3 Å². The Balaban J connectivity index is 1.63. The van der Waals surface area contributed by atoms with Crippen LogP contribution in [0, 0.1) is 0 Å². The molecule has 2 heterocycles. The van der Waals surface area contributed by atoms with E-state index in [0.717, 1.165) is 16.5 Å². The van der Waals surface area contributed by atoms with Crippen LogP contribution in [0.15, 0.2) is 42.6 Å². The lowest BCUT2D eigenvalue weighted by Gasteiger charge is -2.07. The van der Waals surface area contributed by atoms with Crippen molar-refractivity contribution in [2.45, 2.75) is 0 Å². The zero-order valence-electron chi connectivity index (χ0n) is 14.6. The highest BCUT2D eigenvalue weighted by Crippen LogP contribution is 2.32. The minimum absolute atomic E-state index is 0.137. The summed E-state index contributed by atoms with van der Waals surface area (Å²) in [5.41, 5.74) is 2.96. The number of aryl methyl sites for hydroxylation is 1. The summed E-state index contributed by atoms with van der Waals surface area (Å²) < 4.78 is 1.64. The monoisotopic (exact) mass is 381 g/mol. The minimum atomic E-state index is -0.137. The van der Waals surface area contributed by atoms with Crippen LogP contribution in [0.4, 0.5) is 11.6 Å². The first-order valence-electron chi connectivity index (χ1n) is 8.19. The third-order valence-electron chi connectivity index (χ3n) is 4.20. The zero-order chi connectivity index (χ0) is 19.0. The van der Waals surface area contributed by atoms with Crippen molar-refractivity contribution in [2.24, 2.45) is 7.05 Å². The first-order chi connectivity index (χ1) is 13.1. The fourth-order valence-corrected chi connectivity index (χ4v) is 2.99. The van der Waals surface area contributed by atoms with E-state index in [0.29, 0.717) is 28.0 Å². The summed E-state index contributed by atoms with van der Waals surface area (Å²) in [7, 11) is 3.39. The fourth-order valence-electron chi connectivity index (χ4n) is 2.73. The highest BCUT2D eigenvalue weighted by Gasteiger charge is 2.13. The molecular weight excluding hydrogens is 366 g/mol. The summed E-state index contributed by atoms with van der Waals surface area (Å²) in [6.45, 7) is 0. The Kier molecular flexibility index (Phi) is 4.25. The summed E-state index contributed by atoms with van der Waals surface area (Å²) in [6, 6.07) is 10.9. The van der Waals surface area contributed by atoms with Crippen molar-refractivity contribution in [1.82, 2.24) is 30.3 Å². The van der Waals surface area contributed by atoms with Crippen LogP contribution in [-0.4, -0.2) is 37.9 Å². The van der Waals surface area contributed by atoms with Crippen LogP contribution < -0.4 is 10.6 Å². The summed E-state index contributed by atoms with van der Waals surface area (Å²) in [6.07, 6.45) is 1.68. The molecule has 0 saturated heterocycles. The van der Waals surface area contributed by atoms with Crippen molar-refractivity contribution in [3.8, 4) is 11.4 Å². The Morgan fingerprint density at radius 2 is 1.96 bits per heavy atom. The molecule has 9 heteroatoms. The van der Waals surface area contributed by atoms with Gasteiger partial charge in [0.2, 0.25) is 5.95 Å². The molecule has 2 aromatic carbocycles. The van der Waals surface area contributed by atoms with Crippen LogP contribution >= 0.6 is 11.6 Å². The predicted molar refractivity (Wildman–Crippen MR) is 104 cm³/mol. The lowest BCUT2D eigenvalue weighted by Crippen LogP contribution is -2.17. The van der Waals surface area contributed by atoms with Crippen LogP contribution in [-0.2, 0) is 7.05 Å². The molecule has 0 radical (unpaired) electrons. The van der Waals surface area contributed by atoms with Crippen LogP contribution in [0.5, 0.6) is 0 Å². The van der Waals surface area contributed by atoms with Gasteiger partial charge >= 0.3 is 0 Å². The Hall–Kier alpha value is -3.39. The number of nitrogens with zero attached hydrogens (tertiary/aromatic N) is 4. The van der Waals surface area contributed by atoms with E-state index in [-0.39, 0.29) is 5.91 Å². The maximum Gasteiger partial charge on any atom is 0.251 e. The molecule has 0 atom stereocenters. The predicted octanol–water partition coefficient (Wildman–Crippen LogP) is 3.12. The molecule has 3 N–H and O–H groups in total. The van der Waals surface area contributed by atoms with E-state index in [9.17, 15) is 4.79 Å². The first kappa shape index (κ1) is 17.0. The van der Waals surface area contributed by atoms with Crippen LogP contribution in [0.2, 0.25) is 5.02 Å². The van der Waals surface area contributed by atoms with Crippen LogP contribution in [0.1, 0.15) is 10.4 Å². The summed E-state index contributed by atoms with van der Waals surface area (Å²) >= 11 is 6.45. The maximum atomic E-state index is 11.7. The molecule has 0 spiro atoms. The van der Waals surface area contributed by atoms with E-state index in [1.54, 1.807) is 37.1 Å². The van der Waals surface area contributed by atoms with E-state index < -0.39 is 0 Å². The largest absolute Gasteiger partial charge is 0.355 e. The van der Waals surface area contributed by atoms with Gasteiger partial charge in [0.15, 0.2) is 5.82 Å². The number of aromatic nitrogens is 5. The molecule has 27 heavy (non-hydrogen) atoms. The van der Waals surface area contributed by atoms with E-state index in [4.69, 9.17) is 11.6 Å². The van der Waals surface area contributed by atoms with Gasteiger partial charge in [-0.15, -0.1) is 5.10 Å². The second-order valence-corrected chi connectivity index (χ2v) is 6.30. The molecule has 4 rings (SSSR count). The normalized spacial score (nSPS) is 10.9. The van der Waals surface area contributed by atoms with E-state index in [1.807, 2.05) is 24.3 Å². The number of fused-ring (bicyclic) bond motifs is 1. The number of nitrogens with one attached hydrogen (secondary N) is 3. The second-order valence-electron chi connectivity index (χ2n) is 5.92. The van der Waals surface area contributed by atoms with Crippen molar-refractivity contribution in [2.75, 3.05) is 12.4 Å². The topological polar surface area (TPSA) is 101 Å². The number of hydrogen-bond donors (Lipinski definition) is 3. The number of H-pyrrole nitrogens is 1. The lowest BCUT2D eigenvalue weighted by atomic mass is 10.1. The van der Waals surface area contributed by atoms with Crippen LogP contribution in [0.3, 0.4) is 0 Å². The Morgan fingerprint density at radius 3 is 2.70 bits per heavy atom. The van der Waals surface area contributed by atoms with Gasteiger partial charge in [-0.05, 0) is 24.3 Å². The second kappa shape index (κ2) is 6.73. The molecule has 2 aromatic heterocycles. The molecule has 0 fully saturated rings. The van der Waals surface area contributed by atoms with Gasteiger partial charge in [-0.2, -0.15) is 10.1 Å². The van der Waals surface area contributed by atoms with Gasteiger partial charge in [0.25, 0.3) is 5.91 Å². The molecule has 0 aliphatic rings. The van der Waals surface area contributed by atoms with E-state index in [1.165, 1.54) is 0 Å². The van der Waals surface area contributed by atoms with Crippen molar-refractivity contribution >= 4 is 40.0 Å². The smallest absolute Gasteiger partial charge is 0.251 e. The quantitative estimate of drug-likeness (QED) is 0.504. The molecule has 1 amide bonds. The summed E-state index contributed by atoms with van der Waals surface area (Å²) in [4.78, 5) is 16.2. The third-order valence-corrected chi connectivity index (χ3v) is 4.61. The number of aromatic amines is 1. The molecule has 0 aliphatic carbocycles. The summed E-state index contributed by atoms with van der Waals surface area (Å²) in [5.74, 6) is 0.955. The van der Waals surface area contributed by atoms with Gasteiger partial charge in [-0.3, -0.25) is 9.89 Å². The Bertz CT molecular complexity index is 1130. The minimum Gasteiger partial charge on any atom is -0.355 e. The van der Waals surface area contributed by atoms with E-state index >= 15 is 0 Å². The average Bonchev–Trinajstić information content (AvgIpc) is 3.31. The van der Waals surface area contributed by atoms with Crippen molar-refractivity contribution in [3.05, 3.63) is 53.2 Å². The Labute approximate surface area is 159 Å². The zero-order valence-corrected chi connectivity index (χ0v) is 15.4. The average molecular weight is 382 g/mol. The number of hydrogen-bond acceptors (Lipinski definition) is 5. The number of anilines is 2. The molecule has 4 aromatic rings. The Morgan fingerprint density at radius 1 is 1.19 bits per heavy atom. The van der Waals surface area contributed by atoms with Gasteiger partial charge < -0.3 is 10.6 Å². The third kappa shape index (κ3) is 3.11. The van der Waals surface area contributed by atoms with Crippen molar-refractivity contribution in [1.29, 1.82) is 0 Å². The number of halogens is 1. The highest BCUT2D eigenvalue weighted by atomic mass is 35.5. The number of amides is 1. The molecular formula is C18H16ClN7O. The molecule has 8 nitrogen and oxygen atoms in total. The van der Waals surface area contributed by atoms with E-state index in [2.05, 4.69) is 30.9 Å². The number of carbonyl (C=O) groups is 1. The fraction of sp³-hybridized carbons (Fsp3) is 0.111. The highest BCUT2D eigenvalue weighted by molar-refractivity contribution is 6.38. The number of carbonyl (C=O) groups excluding carboxylic acids is 1. The number of rotatable bonds is 4. The standard InChI is InChI=1S/C18H16ClN7O/c1-20-17(27)11-5-3-10(4-6-11)16-23-18(26(2)25-16)22-14-8-7-13-12(15(14)19)9-21-24-13/h3-9H,1-2H3,(H,20,27)(H,21,24)(H,22,23,25). The SMILES string of the molecule is CNC(=O)c1ccc(-c2nc(Nc3ccc4[nH]ncc4c3Cl)n(C)n2)cc1. The first-order valence-corrected chi connectivity index (χ1v) is 8.57. The summed E-state index contributed by atoms with van der Waals surface area (Å²) in [5, 5.41) is 18.5. The van der Waals surface area contributed by atoms with Crippen molar-refractivity contribution in [3.63, 3.8) is 0 Å². The van der Waals surface area contributed by atoms with Gasteiger partial charge in [-0.25, -0.2) is 4.68 Å². The van der Waals surface area contributed by atoms with Gasteiger partial charge in [0, 0.05) is 30.6 Å². The van der Waals surface area contributed by atoms with Gasteiger partial charge in [-0.1, -0.05) is 23.7 Å². The molecule has 0 saturated carbocycles. The molecule has 0 unspecified atom stereocenters. The van der Waals surface area contributed by atoms with Gasteiger partial charge in [0.1, 0.15) is 0 Å². The molecule has 0 bridgehead atoms.